The van der Waals surface area contributed by atoms with Gasteiger partial charge in [0.1, 0.15) is 5.82 Å². The van der Waals surface area contributed by atoms with E-state index in [4.69, 9.17) is 0 Å². The van der Waals surface area contributed by atoms with Gasteiger partial charge < -0.3 is 10.2 Å². The van der Waals surface area contributed by atoms with Crippen LogP contribution in [0.4, 0.5) is 5.82 Å². The molecular weight excluding hydrogens is 246 g/mol. The molecule has 0 spiro atoms. The number of nitrogens with zero attached hydrogens (tertiary/aromatic N) is 2. The highest BCUT2D eigenvalue weighted by atomic mass is 15.2. The van der Waals surface area contributed by atoms with Crippen molar-refractivity contribution in [2.45, 2.75) is 58.5 Å². The van der Waals surface area contributed by atoms with Gasteiger partial charge in [0, 0.05) is 31.4 Å². The summed E-state index contributed by atoms with van der Waals surface area (Å²) < 4.78 is 0. The summed E-state index contributed by atoms with van der Waals surface area (Å²) in [6.07, 6.45) is 6.88. The summed E-state index contributed by atoms with van der Waals surface area (Å²) in [4.78, 5) is 6.85. The number of hydrogen-bond donors (Lipinski definition) is 1. The van der Waals surface area contributed by atoms with E-state index in [1.165, 1.54) is 25.7 Å². The van der Waals surface area contributed by atoms with Crippen molar-refractivity contribution in [2.75, 3.05) is 18.0 Å². The van der Waals surface area contributed by atoms with E-state index in [-0.39, 0.29) is 0 Å². The van der Waals surface area contributed by atoms with Crippen molar-refractivity contribution in [3.8, 4) is 0 Å². The van der Waals surface area contributed by atoms with Gasteiger partial charge in [0.25, 0.3) is 0 Å². The zero-order valence-electron chi connectivity index (χ0n) is 13.2. The second-order valence-corrected chi connectivity index (χ2v) is 5.98. The molecule has 0 radical (unpaired) electrons. The van der Waals surface area contributed by atoms with E-state index in [9.17, 15) is 0 Å². The number of nitrogens with one attached hydrogen (secondary N) is 1. The van der Waals surface area contributed by atoms with Crippen LogP contribution in [0.3, 0.4) is 0 Å². The van der Waals surface area contributed by atoms with Crippen molar-refractivity contribution in [1.82, 2.24) is 10.3 Å². The third-order valence-corrected chi connectivity index (χ3v) is 4.72. The summed E-state index contributed by atoms with van der Waals surface area (Å²) in [6.45, 7) is 9.18. The van der Waals surface area contributed by atoms with Crippen molar-refractivity contribution in [3.05, 3.63) is 24.4 Å². The van der Waals surface area contributed by atoms with Crippen LogP contribution in [0.15, 0.2) is 24.4 Å². The van der Waals surface area contributed by atoms with Gasteiger partial charge in [-0.05, 0) is 37.8 Å². The third-order valence-electron chi connectivity index (χ3n) is 4.72. The number of hydrogen-bond acceptors (Lipinski definition) is 3. The Morgan fingerprint density at radius 2 is 1.95 bits per heavy atom. The molecule has 0 bridgehead atoms. The zero-order chi connectivity index (χ0) is 14.4. The lowest BCUT2D eigenvalue weighted by atomic mass is 9.93. The highest BCUT2D eigenvalue weighted by Gasteiger charge is 2.23. The SMILES string of the molecule is CCC(CC)C(C)NC1CCN(c2ccccn2)CC1. The molecule has 0 saturated carbocycles. The Morgan fingerprint density at radius 3 is 2.50 bits per heavy atom. The van der Waals surface area contributed by atoms with Gasteiger partial charge in [0.15, 0.2) is 0 Å². The molecule has 0 aromatic carbocycles. The standard InChI is InChI=1S/C17H29N3/c1-4-15(5-2)14(3)19-16-9-12-20(13-10-16)17-8-6-7-11-18-17/h6-8,11,14-16,19H,4-5,9-10,12-13H2,1-3H3. The molecule has 1 fully saturated rings. The third kappa shape index (κ3) is 3.95. The maximum atomic E-state index is 4.45. The molecule has 112 valence electrons. The fourth-order valence-electron chi connectivity index (χ4n) is 3.32. The fraction of sp³-hybridized carbons (Fsp3) is 0.706. The molecule has 2 heterocycles. The van der Waals surface area contributed by atoms with E-state index in [0.717, 1.165) is 24.8 Å². The Hall–Kier alpha value is -1.09. The van der Waals surface area contributed by atoms with Crippen LogP contribution in [0.25, 0.3) is 0 Å². The van der Waals surface area contributed by atoms with Crippen LogP contribution >= 0.6 is 0 Å². The summed E-state index contributed by atoms with van der Waals surface area (Å²) in [7, 11) is 0. The smallest absolute Gasteiger partial charge is 0.128 e. The minimum Gasteiger partial charge on any atom is -0.357 e. The summed E-state index contributed by atoms with van der Waals surface area (Å²) >= 11 is 0. The van der Waals surface area contributed by atoms with E-state index in [1.54, 1.807) is 0 Å². The van der Waals surface area contributed by atoms with Gasteiger partial charge in [-0.3, -0.25) is 0 Å². The van der Waals surface area contributed by atoms with Crippen molar-refractivity contribution in [2.24, 2.45) is 5.92 Å². The molecule has 1 aliphatic rings. The number of rotatable bonds is 6. The quantitative estimate of drug-likeness (QED) is 0.861. The van der Waals surface area contributed by atoms with Crippen LogP contribution in [0.2, 0.25) is 0 Å². The Kier molecular flexibility index (Phi) is 5.84. The van der Waals surface area contributed by atoms with Crippen molar-refractivity contribution in [1.29, 1.82) is 0 Å². The minimum absolute atomic E-state index is 0.636. The average Bonchev–Trinajstić information content (AvgIpc) is 2.50. The number of aromatic nitrogens is 1. The fourth-order valence-corrected chi connectivity index (χ4v) is 3.32. The zero-order valence-corrected chi connectivity index (χ0v) is 13.2. The van der Waals surface area contributed by atoms with E-state index >= 15 is 0 Å². The first-order valence-electron chi connectivity index (χ1n) is 8.16. The molecule has 0 amide bonds. The van der Waals surface area contributed by atoms with Crippen LogP contribution in [0, 0.1) is 5.92 Å². The second kappa shape index (κ2) is 7.63. The normalized spacial score (nSPS) is 18.5. The maximum Gasteiger partial charge on any atom is 0.128 e. The van der Waals surface area contributed by atoms with E-state index in [1.807, 2.05) is 12.3 Å². The Labute approximate surface area is 123 Å². The molecule has 3 nitrogen and oxygen atoms in total. The molecular formula is C17H29N3. The summed E-state index contributed by atoms with van der Waals surface area (Å²) in [5, 5.41) is 3.85. The molecule has 20 heavy (non-hydrogen) atoms. The first-order valence-corrected chi connectivity index (χ1v) is 8.16. The Balaban J connectivity index is 1.80. The van der Waals surface area contributed by atoms with Gasteiger partial charge in [-0.25, -0.2) is 4.98 Å². The maximum absolute atomic E-state index is 4.45. The highest BCUT2D eigenvalue weighted by Crippen LogP contribution is 2.19. The second-order valence-electron chi connectivity index (χ2n) is 5.98. The molecule has 1 saturated heterocycles. The van der Waals surface area contributed by atoms with Crippen LogP contribution in [0.5, 0.6) is 0 Å². The van der Waals surface area contributed by atoms with Gasteiger partial charge in [0.05, 0.1) is 0 Å². The lowest BCUT2D eigenvalue weighted by molar-refractivity contribution is 0.295. The molecule has 0 aliphatic carbocycles. The summed E-state index contributed by atoms with van der Waals surface area (Å²) in [5.74, 6) is 1.93. The summed E-state index contributed by atoms with van der Waals surface area (Å²) in [5.41, 5.74) is 0. The van der Waals surface area contributed by atoms with Gasteiger partial charge in [-0.1, -0.05) is 32.8 Å². The van der Waals surface area contributed by atoms with Crippen LogP contribution in [-0.4, -0.2) is 30.2 Å². The van der Waals surface area contributed by atoms with Crippen molar-refractivity contribution in [3.63, 3.8) is 0 Å². The van der Waals surface area contributed by atoms with Gasteiger partial charge in [0.2, 0.25) is 0 Å². The molecule has 2 rings (SSSR count). The van der Waals surface area contributed by atoms with E-state index in [2.05, 4.69) is 48.1 Å². The molecule has 1 aliphatic heterocycles. The van der Waals surface area contributed by atoms with Crippen LogP contribution < -0.4 is 10.2 Å². The van der Waals surface area contributed by atoms with Crippen molar-refractivity contribution >= 4 is 5.82 Å². The number of anilines is 1. The van der Waals surface area contributed by atoms with Crippen molar-refractivity contribution < 1.29 is 0 Å². The van der Waals surface area contributed by atoms with Crippen LogP contribution in [-0.2, 0) is 0 Å². The van der Waals surface area contributed by atoms with Gasteiger partial charge in [-0.2, -0.15) is 0 Å². The predicted octanol–water partition coefficient (Wildman–Crippen LogP) is 3.46. The first kappa shape index (κ1) is 15.3. The topological polar surface area (TPSA) is 28.2 Å². The lowest BCUT2D eigenvalue weighted by Gasteiger charge is -2.36. The van der Waals surface area contributed by atoms with E-state index < -0.39 is 0 Å². The monoisotopic (exact) mass is 275 g/mol. The first-order chi connectivity index (χ1) is 9.74. The van der Waals surface area contributed by atoms with Gasteiger partial charge in [-0.15, -0.1) is 0 Å². The largest absolute Gasteiger partial charge is 0.357 e. The number of piperidine rings is 1. The Morgan fingerprint density at radius 1 is 1.25 bits per heavy atom. The minimum atomic E-state index is 0.636. The molecule has 1 atom stereocenters. The highest BCUT2D eigenvalue weighted by molar-refractivity contribution is 5.38. The summed E-state index contributed by atoms with van der Waals surface area (Å²) in [6, 6.07) is 7.47. The predicted molar refractivity (Wildman–Crippen MR) is 86.1 cm³/mol. The van der Waals surface area contributed by atoms with E-state index in [0.29, 0.717) is 12.1 Å². The molecule has 1 aromatic rings. The molecule has 1 unspecified atom stereocenters. The number of pyridine rings is 1. The molecule has 3 heteroatoms. The van der Waals surface area contributed by atoms with Gasteiger partial charge >= 0.3 is 0 Å². The average molecular weight is 275 g/mol. The lowest BCUT2D eigenvalue weighted by Crippen LogP contribution is -2.47. The molecule has 1 N–H and O–H groups in total. The Bertz CT molecular complexity index is 367. The van der Waals surface area contributed by atoms with Crippen LogP contribution in [0.1, 0.15) is 46.5 Å². The molecule has 1 aromatic heterocycles.